The third-order valence-electron chi connectivity index (χ3n) is 5.65. The SMILES string of the molecule is CCNC(=NCCCCn1ccnc1C)NC1CCCC(C(=O)NC2CC2)C1. The maximum absolute atomic E-state index is 12.4. The van der Waals surface area contributed by atoms with Crippen molar-refractivity contribution in [2.24, 2.45) is 10.9 Å². The van der Waals surface area contributed by atoms with Crippen LogP contribution in [0.1, 0.15) is 64.1 Å². The van der Waals surface area contributed by atoms with Gasteiger partial charge < -0.3 is 20.5 Å². The lowest BCUT2D eigenvalue weighted by Gasteiger charge is -2.30. The third-order valence-corrected chi connectivity index (χ3v) is 5.65. The van der Waals surface area contributed by atoms with Gasteiger partial charge in [-0.3, -0.25) is 9.79 Å². The van der Waals surface area contributed by atoms with Gasteiger partial charge in [-0.1, -0.05) is 6.42 Å². The van der Waals surface area contributed by atoms with Gasteiger partial charge in [0.1, 0.15) is 5.82 Å². The number of hydrogen-bond acceptors (Lipinski definition) is 3. The molecule has 0 saturated heterocycles. The van der Waals surface area contributed by atoms with Gasteiger partial charge in [0.25, 0.3) is 0 Å². The molecule has 1 aromatic rings. The molecule has 2 fully saturated rings. The van der Waals surface area contributed by atoms with Crippen LogP contribution in [0, 0.1) is 12.8 Å². The summed E-state index contributed by atoms with van der Waals surface area (Å²) >= 11 is 0. The van der Waals surface area contributed by atoms with Crippen LogP contribution in [0.5, 0.6) is 0 Å². The molecule has 0 bridgehead atoms. The number of aromatic nitrogens is 2. The molecule has 2 atom stereocenters. The van der Waals surface area contributed by atoms with Crippen LogP contribution in [0.3, 0.4) is 0 Å². The van der Waals surface area contributed by atoms with Crippen molar-refractivity contribution in [2.75, 3.05) is 13.1 Å². The lowest BCUT2D eigenvalue weighted by atomic mass is 9.85. The topological polar surface area (TPSA) is 83.3 Å². The highest BCUT2D eigenvalue weighted by Gasteiger charge is 2.31. The number of carbonyl (C=O) groups excluding carboxylic acids is 1. The van der Waals surface area contributed by atoms with Gasteiger partial charge in [0.15, 0.2) is 5.96 Å². The van der Waals surface area contributed by atoms with Crippen molar-refractivity contribution in [2.45, 2.75) is 83.8 Å². The zero-order chi connectivity index (χ0) is 19.8. The summed E-state index contributed by atoms with van der Waals surface area (Å²) in [5, 5.41) is 10.1. The molecule has 0 aliphatic heterocycles. The summed E-state index contributed by atoms with van der Waals surface area (Å²) in [6, 6.07) is 0.779. The molecule has 0 spiro atoms. The molecule has 2 unspecified atom stereocenters. The summed E-state index contributed by atoms with van der Waals surface area (Å²) in [5.74, 6) is 2.35. The predicted molar refractivity (Wildman–Crippen MR) is 112 cm³/mol. The predicted octanol–water partition coefficient (Wildman–Crippen LogP) is 2.36. The number of nitrogens with one attached hydrogen (secondary N) is 3. The number of nitrogens with zero attached hydrogens (tertiary/aromatic N) is 3. The number of imidazole rings is 1. The van der Waals surface area contributed by atoms with E-state index in [2.05, 4.69) is 32.4 Å². The Morgan fingerprint density at radius 3 is 2.79 bits per heavy atom. The molecule has 7 nitrogen and oxygen atoms in total. The standard InChI is InChI=1S/C21H36N6O/c1-3-22-21(24-11-4-5-13-27-14-12-23-16(27)2)26-19-8-6-7-17(15-19)20(28)25-18-9-10-18/h12,14,17-19H,3-11,13,15H2,1-2H3,(H,25,28)(H2,22,24,26). The van der Waals surface area contributed by atoms with Crippen LogP contribution in [-0.2, 0) is 11.3 Å². The van der Waals surface area contributed by atoms with Crippen LogP contribution in [0.2, 0.25) is 0 Å². The van der Waals surface area contributed by atoms with E-state index in [0.29, 0.717) is 12.1 Å². The Bertz CT molecular complexity index is 651. The summed E-state index contributed by atoms with van der Waals surface area (Å²) in [6.45, 7) is 6.77. The lowest BCUT2D eigenvalue weighted by Crippen LogP contribution is -2.47. The van der Waals surface area contributed by atoms with Crippen LogP contribution in [0.25, 0.3) is 0 Å². The second-order valence-electron chi connectivity index (χ2n) is 8.12. The maximum Gasteiger partial charge on any atom is 0.223 e. The van der Waals surface area contributed by atoms with E-state index in [4.69, 9.17) is 4.99 Å². The fraction of sp³-hybridized carbons (Fsp3) is 0.762. The second-order valence-corrected chi connectivity index (χ2v) is 8.12. The van der Waals surface area contributed by atoms with Gasteiger partial charge in [0.2, 0.25) is 5.91 Å². The zero-order valence-corrected chi connectivity index (χ0v) is 17.4. The number of guanidine groups is 1. The smallest absolute Gasteiger partial charge is 0.223 e. The van der Waals surface area contributed by atoms with E-state index in [9.17, 15) is 4.79 Å². The normalized spacial score (nSPS) is 22.7. The summed E-state index contributed by atoms with van der Waals surface area (Å²) in [7, 11) is 0. The molecule has 1 amide bonds. The molecular formula is C21H36N6O. The third kappa shape index (κ3) is 6.53. The fourth-order valence-electron chi connectivity index (χ4n) is 3.84. The van der Waals surface area contributed by atoms with Crippen molar-refractivity contribution in [3.63, 3.8) is 0 Å². The van der Waals surface area contributed by atoms with Crippen LogP contribution < -0.4 is 16.0 Å². The number of carbonyl (C=O) groups is 1. The molecule has 1 aromatic heterocycles. The molecule has 28 heavy (non-hydrogen) atoms. The minimum Gasteiger partial charge on any atom is -0.357 e. The van der Waals surface area contributed by atoms with Gasteiger partial charge in [0.05, 0.1) is 0 Å². The van der Waals surface area contributed by atoms with Crippen molar-refractivity contribution in [3.05, 3.63) is 18.2 Å². The van der Waals surface area contributed by atoms with Gasteiger partial charge in [-0.25, -0.2) is 4.98 Å². The minimum absolute atomic E-state index is 0.146. The van der Waals surface area contributed by atoms with Crippen molar-refractivity contribution >= 4 is 11.9 Å². The van der Waals surface area contributed by atoms with Crippen LogP contribution in [0.4, 0.5) is 0 Å². The first-order valence-corrected chi connectivity index (χ1v) is 11.0. The number of unbranched alkanes of at least 4 members (excludes halogenated alkanes) is 1. The van der Waals surface area contributed by atoms with E-state index < -0.39 is 0 Å². The molecule has 0 radical (unpaired) electrons. The molecule has 156 valence electrons. The van der Waals surface area contributed by atoms with Gasteiger partial charge in [0, 0.05) is 50.0 Å². The Morgan fingerprint density at radius 1 is 1.21 bits per heavy atom. The minimum atomic E-state index is 0.146. The van der Waals surface area contributed by atoms with Crippen molar-refractivity contribution < 1.29 is 4.79 Å². The number of aryl methyl sites for hydroxylation is 2. The summed E-state index contributed by atoms with van der Waals surface area (Å²) in [4.78, 5) is 21.4. The molecule has 2 aliphatic carbocycles. The van der Waals surface area contributed by atoms with E-state index in [1.807, 2.05) is 19.3 Å². The zero-order valence-electron chi connectivity index (χ0n) is 17.4. The van der Waals surface area contributed by atoms with Crippen molar-refractivity contribution in [3.8, 4) is 0 Å². The first-order chi connectivity index (χ1) is 13.7. The molecular weight excluding hydrogens is 352 g/mol. The second kappa shape index (κ2) is 10.5. The van der Waals surface area contributed by atoms with Crippen LogP contribution >= 0.6 is 0 Å². The van der Waals surface area contributed by atoms with E-state index in [-0.39, 0.29) is 11.8 Å². The average molecular weight is 389 g/mol. The summed E-state index contributed by atoms with van der Waals surface area (Å²) < 4.78 is 2.18. The first kappa shape index (κ1) is 20.7. The first-order valence-electron chi connectivity index (χ1n) is 11.0. The number of amides is 1. The monoisotopic (exact) mass is 388 g/mol. The van der Waals surface area contributed by atoms with Gasteiger partial charge in [-0.2, -0.15) is 0 Å². The van der Waals surface area contributed by atoms with Crippen LogP contribution in [-0.4, -0.2) is 46.6 Å². The highest BCUT2D eigenvalue weighted by atomic mass is 16.2. The van der Waals surface area contributed by atoms with E-state index in [1.54, 1.807) is 0 Å². The van der Waals surface area contributed by atoms with Crippen molar-refractivity contribution in [1.82, 2.24) is 25.5 Å². The quantitative estimate of drug-likeness (QED) is 0.344. The maximum atomic E-state index is 12.4. The molecule has 2 saturated carbocycles. The summed E-state index contributed by atoms with van der Waals surface area (Å²) in [6.07, 6.45) is 12.4. The molecule has 7 heteroatoms. The Labute approximate surface area is 168 Å². The highest BCUT2D eigenvalue weighted by molar-refractivity contribution is 5.81. The van der Waals surface area contributed by atoms with Crippen molar-refractivity contribution in [1.29, 1.82) is 0 Å². The largest absolute Gasteiger partial charge is 0.357 e. The molecule has 2 aliphatic rings. The highest BCUT2D eigenvalue weighted by Crippen LogP contribution is 2.26. The number of hydrogen-bond donors (Lipinski definition) is 3. The van der Waals surface area contributed by atoms with E-state index >= 15 is 0 Å². The Balaban J connectivity index is 1.41. The Kier molecular flexibility index (Phi) is 7.74. The van der Waals surface area contributed by atoms with Gasteiger partial charge >= 0.3 is 0 Å². The number of rotatable bonds is 9. The molecule has 3 N–H and O–H groups in total. The Hall–Kier alpha value is -2.05. The fourth-order valence-corrected chi connectivity index (χ4v) is 3.84. The number of aliphatic imine (C=N–C) groups is 1. The molecule has 1 heterocycles. The van der Waals surface area contributed by atoms with Gasteiger partial charge in [-0.15, -0.1) is 0 Å². The summed E-state index contributed by atoms with van der Waals surface area (Å²) in [5.41, 5.74) is 0. The van der Waals surface area contributed by atoms with E-state index in [0.717, 1.165) is 82.8 Å². The van der Waals surface area contributed by atoms with Crippen LogP contribution in [0.15, 0.2) is 17.4 Å². The average Bonchev–Trinajstić information content (AvgIpc) is 3.41. The van der Waals surface area contributed by atoms with Gasteiger partial charge in [-0.05, 0) is 58.8 Å². The lowest BCUT2D eigenvalue weighted by molar-refractivity contribution is -0.126. The molecule has 0 aromatic carbocycles. The molecule has 3 rings (SSSR count). The van der Waals surface area contributed by atoms with E-state index in [1.165, 1.54) is 0 Å². The Morgan fingerprint density at radius 2 is 2.07 bits per heavy atom.